The van der Waals surface area contributed by atoms with E-state index in [2.05, 4.69) is 149 Å². The molecule has 0 aliphatic rings. The Bertz CT molecular complexity index is 1910. The second-order valence-corrected chi connectivity index (χ2v) is 45.6. The van der Waals surface area contributed by atoms with Gasteiger partial charge in [-0.25, -0.2) is 0 Å². The number of rotatable bonds is 102. The summed E-state index contributed by atoms with van der Waals surface area (Å²) in [6.07, 6.45) is 135. The smallest absolute Gasteiger partial charge is 0.412 e. The Morgan fingerprint density at radius 3 is 0.214 bits per heavy atom. The molecule has 0 radical (unpaired) electrons. The number of unbranched alkanes of at least 4 members (excludes halogenated alkanes) is 90. The summed E-state index contributed by atoms with van der Waals surface area (Å²) in [6, 6.07) is 0. The summed E-state index contributed by atoms with van der Waals surface area (Å²) in [6.45, 7) is 19.5. The van der Waals surface area contributed by atoms with Gasteiger partial charge >= 0.3 is 21.1 Å². The van der Waals surface area contributed by atoms with Gasteiger partial charge in [-0.2, -0.15) is 25.3 Å². The molecule has 145 heavy (non-hydrogen) atoms. The first-order valence-corrected chi connectivity index (χ1v) is 66.2. The fourth-order valence-electron chi connectivity index (χ4n) is 17.2. The van der Waals surface area contributed by atoms with Crippen LogP contribution in [0.4, 0.5) is 0 Å². The molecule has 0 aromatic carbocycles. The van der Waals surface area contributed by atoms with Crippen LogP contribution in [-0.4, -0.2) is 90.4 Å². The summed E-state index contributed by atoms with van der Waals surface area (Å²) in [7, 11) is 0. The fraction of sp³-hybridized carbons (Fsp3) is 0.947. The van der Waals surface area contributed by atoms with Crippen molar-refractivity contribution in [2.24, 2.45) is 0 Å². The number of hydrogen-bond donors (Lipinski definition) is 6. The third-order valence-corrected chi connectivity index (χ3v) is 27.5. The van der Waals surface area contributed by atoms with Gasteiger partial charge in [-0.3, -0.25) is 0 Å². The third-order valence-electron chi connectivity index (χ3n) is 25.8. The molecule has 6 N–H and O–H groups in total. The van der Waals surface area contributed by atoms with E-state index >= 15 is 0 Å². The van der Waals surface area contributed by atoms with Crippen molar-refractivity contribution in [3.8, 4) is 0 Å². The maximum absolute atomic E-state index is 7.83. The van der Waals surface area contributed by atoms with E-state index in [-0.39, 0.29) is 21.1 Å². The van der Waals surface area contributed by atoms with Crippen LogP contribution in [0.15, 0.2) is 0 Å². The Labute approximate surface area is 1010 Å². The first-order valence-electron chi connectivity index (χ1n) is 59.3. The second kappa shape index (κ2) is 187. The quantitative estimate of drug-likeness (QED) is 0.0147. The van der Waals surface area contributed by atoms with Crippen LogP contribution in [0.5, 0.6) is 0 Å². The first-order chi connectivity index (χ1) is 70.6. The van der Waals surface area contributed by atoms with Gasteiger partial charge in [-0.1, -0.05) is 645 Å². The Hall–Kier alpha value is 1.47. The average molecular weight is 2450 g/mol. The summed E-state index contributed by atoms with van der Waals surface area (Å²) in [5.74, 6) is 0. The van der Waals surface area contributed by atoms with Gasteiger partial charge in [0.25, 0.3) is 0 Å². The van der Waals surface area contributed by atoms with Crippen LogP contribution in [0.3, 0.4) is 0 Å². The van der Waals surface area contributed by atoms with Crippen LogP contribution < -0.4 is 31.9 Å². The Balaban J connectivity index is -0.000000128. The monoisotopic (exact) mass is 2450 g/mol. The van der Waals surface area contributed by atoms with Gasteiger partial charge < -0.3 is 181 Å². The van der Waals surface area contributed by atoms with Crippen molar-refractivity contribution in [1.82, 2.24) is 31.9 Å². The summed E-state index contributed by atoms with van der Waals surface area (Å²) in [5, 5.41) is 18.2. The molecule has 0 bridgehead atoms. The number of nitrogens with one attached hydrogen (secondary N) is 6. The van der Waals surface area contributed by atoms with Crippen LogP contribution >= 0.6 is 73.3 Å². The first kappa shape index (κ1) is 174. The largest absolute Gasteiger partial charge is 6.00 e. The minimum Gasteiger partial charge on any atom is -0.412 e. The fourth-order valence-corrected chi connectivity index (χ4v) is 18.4. The van der Waals surface area contributed by atoms with Crippen LogP contribution in [0.25, 0.3) is 0 Å². The van der Waals surface area contributed by atoms with Crippen molar-refractivity contribution in [1.29, 1.82) is 0 Å². The van der Waals surface area contributed by atoms with Crippen LogP contribution in [-0.2, 0) is 172 Å². The number of hydrogen-bond acceptors (Lipinski definition) is 24. The number of thiocarbonyl (C=S) groups is 6. The zero-order valence-electron chi connectivity index (χ0n) is 94.3. The van der Waals surface area contributed by atoms with E-state index in [9.17, 15) is 0 Å². The van der Waals surface area contributed by atoms with E-state index in [1.165, 1.54) is 616 Å². The molecule has 0 aliphatic heterocycles. The maximum Gasteiger partial charge on any atom is 6.00 e. The van der Waals surface area contributed by atoms with Crippen LogP contribution in [0.2, 0.25) is 0 Å². The standard InChI is InChI=1S/6C19H39NS2.Mo.6OS/c6*1-2-3-4-5-6-7-8-9-10-11-12-13-14-15-16-17-18-20-19(21)22;;6*1-2/h6*2-18H2,1H3,(H2,20,21,22);;;;;;;/q;;;;;;+6;;;;;;/p-6. The Kier molecular flexibility index (Phi) is 224. The molecule has 0 aliphatic carbocycles. The van der Waals surface area contributed by atoms with Crippen molar-refractivity contribution in [3.63, 3.8) is 0 Å². The van der Waals surface area contributed by atoms with Gasteiger partial charge in [-0.15, -0.1) is 0 Å². The molecule has 12 nitrogen and oxygen atoms in total. The Morgan fingerprint density at radius 1 is 0.117 bits per heavy atom. The average Bonchev–Trinajstić information content (AvgIpc) is 1.20. The molecule has 0 spiro atoms. The predicted octanol–water partition coefficient (Wildman–Crippen LogP) is 38.0. The van der Waals surface area contributed by atoms with Gasteiger partial charge in [0.1, 0.15) is 0 Å². The van der Waals surface area contributed by atoms with Gasteiger partial charge in [-0.05, 0) is 38.5 Å². The van der Waals surface area contributed by atoms with Crippen LogP contribution in [0, 0.1) is 0 Å². The molecule has 0 rings (SSSR count). The molecular formula is C114H228MoN6O6S18. The molecule has 0 fully saturated rings. The predicted molar refractivity (Wildman–Crippen MR) is 694 cm³/mol. The molecule has 0 amide bonds. The van der Waals surface area contributed by atoms with Crippen molar-refractivity contribution in [2.75, 3.05) is 39.3 Å². The van der Waals surface area contributed by atoms with Gasteiger partial charge in [0.2, 0.25) is 0 Å². The zero-order valence-corrected chi connectivity index (χ0v) is 111. The van der Waals surface area contributed by atoms with Crippen molar-refractivity contribution >= 4 is 250 Å². The summed E-state index contributed by atoms with van der Waals surface area (Å²) < 4.78 is 50.1. The summed E-state index contributed by atoms with van der Waals surface area (Å²) >= 11 is 74.7. The van der Waals surface area contributed by atoms with Crippen LogP contribution in [0.1, 0.15) is 658 Å². The molecular weight excluding hydrogens is 2220 g/mol. The van der Waals surface area contributed by atoms with Crippen molar-refractivity contribution in [2.45, 2.75) is 658 Å². The zero-order chi connectivity index (χ0) is 110. The second-order valence-electron chi connectivity index (χ2n) is 39.1. The minimum atomic E-state index is 0. The SMILES string of the molecule is CCCCCCCCCCCCCCCCCCNC(=S)[S-].CCCCCCCCCCCCCCCCCCNC(=S)[S-].CCCCCCCCCCCCCCCCCCNC(=S)[S-].CCCCCCCCCCCCCCCCCCNC(=S)[S-].CCCCCCCCCCCCCCCCCCNC(=S)[S-].CCCCCCCCCCCCCCCCCCNC(=S)[S-].O=S.O=S.O=S.O=S.O=S.O=S.[Mo+6]. The van der Waals surface area contributed by atoms with E-state index in [0.29, 0.717) is 25.9 Å². The molecule has 864 valence electrons. The topological polar surface area (TPSA) is 175 Å². The molecule has 0 aromatic heterocycles. The normalized spacial score (nSPS) is 9.97. The van der Waals surface area contributed by atoms with Crippen molar-refractivity contribution in [3.05, 3.63) is 0 Å². The maximum atomic E-state index is 7.83. The van der Waals surface area contributed by atoms with Gasteiger partial charge in [0.05, 0.1) is 0 Å². The van der Waals surface area contributed by atoms with E-state index in [0.717, 1.165) is 39.3 Å². The molecule has 0 aromatic rings. The Morgan fingerprint density at radius 2 is 0.166 bits per heavy atom. The third kappa shape index (κ3) is 225. The van der Waals surface area contributed by atoms with Gasteiger partial charge in [0.15, 0.2) is 75.2 Å². The van der Waals surface area contributed by atoms with E-state index in [4.69, 9.17) is 174 Å². The molecule has 0 unspecified atom stereocenters. The molecule has 0 saturated carbocycles. The van der Waals surface area contributed by atoms with E-state index in [1.807, 2.05) is 0 Å². The molecule has 0 heterocycles. The van der Waals surface area contributed by atoms with E-state index < -0.39 is 0 Å². The van der Waals surface area contributed by atoms with E-state index in [1.54, 1.807) is 0 Å². The molecule has 0 atom stereocenters. The summed E-state index contributed by atoms with van der Waals surface area (Å²) in [5.41, 5.74) is 0. The minimum absolute atomic E-state index is 0. The summed E-state index contributed by atoms with van der Waals surface area (Å²) in [4.78, 5) is 0. The molecule has 0 saturated heterocycles. The van der Waals surface area contributed by atoms with Gasteiger partial charge in [0, 0.05) is 39.3 Å². The molecule has 31 heteroatoms. The van der Waals surface area contributed by atoms with Crippen molar-refractivity contribution < 1.29 is 46.3 Å².